The lowest BCUT2D eigenvalue weighted by molar-refractivity contribution is 0.620. The zero-order valence-corrected chi connectivity index (χ0v) is 11.5. The van der Waals surface area contributed by atoms with Crippen molar-refractivity contribution in [2.75, 3.05) is 0 Å². The molecule has 0 bridgehead atoms. The SMILES string of the molecule is Cc1cc(-c2ccc3ccccc3[o+]2)cc(C)c1C. The molecule has 0 saturated carbocycles. The minimum Gasteiger partial charge on any atom is -0.207 e. The molecule has 0 aliphatic carbocycles. The lowest BCUT2D eigenvalue weighted by atomic mass is 9.99. The minimum atomic E-state index is 0.921. The average molecular weight is 249 g/mol. The number of hydrogen-bond donors (Lipinski definition) is 0. The van der Waals surface area contributed by atoms with Gasteiger partial charge in [-0.25, -0.2) is 4.42 Å². The molecule has 1 heterocycles. The smallest absolute Gasteiger partial charge is 0.207 e. The van der Waals surface area contributed by atoms with Crippen LogP contribution in [0.2, 0.25) is 0 Å². The van der Waals surface area contributed by atoms with Crippen LogP contribution in [0.25, 0.3) is 22.3 Å². The Kier molecular flexibility index (Phi) is 2.83. The fourth-order valence-corrected chi connectivity index (χ4v) is 2.36. The molecule has 0 amide bonds. The fraction of sp³-hybridized carbons (Fsp3) is 0.167. The first-order valence-electron chi connectivity index (χ1n) is 6.55. The van der Waals surface area contributed by atoms with Crippen molar-refractivity contribution in [3.05, 3.63) is 65.2 Å². The number of hydrogen-bond acceptors (Lipinski definition) is 0. The van der Waals surface area contributed by atoms with Gasteiger partial charge in [0.15, 0.2) is 0 Å². The highest BCUT2D eigenvalue weighted by Gasteiger charge is 2.15. The molecule has 0 unspecified atom stereocenters. The summed E-state index contributed by atoms with van der Waals surface area (Å²) >= 11 is 0. The number of fused-ring (bicyclic) bond motifs is 1. The van der Waals surface area contributed by atoms with E-state index in [1.54, 1.807) is 0 Å². The number of para-hydroxylation sites is 1. The molecular weight excluding hydrogens is 232 g/mol. The van der Waals surface area contributed by atoms with E-state index < -0.39 is 0 Å². The average Bonchev–Trinajstić information content (AvgIpc) is 2.43. The highest BCUT2D eigenvalue weighted by atomic mass is 16.3. The molecule has 19 heavy (non-hydrogen) atoms. The molecule has 3 aromatic rings. The summed E-state index contributed by atoms with van der Waals surface area (Å²) in [5, 5.41) is 1.13. The van der Waals surface area contributed by atoms with E-state index in [2.05, 4.69) is 45.0 Å². The van der Waals surface area contributed by atoms with E-state index in [0.29, 0.717) is 0 Å². The van der Waals surface area contributed by atoms with Gasteiger partial charge in [0, 0.05) is 12.1 Å². The highest BCUT2D eigenvalue weighted by Crippen LogP contribution is 2.27. The van der Waals surface area contributed by atoms with Crippen LogP contribution in [0.15, 0.2) is 52.9 Å². The molecule has 0 fully saturated rings. The third-order valence-corrected chi connectivity index (χ3v) is 3.76. The Labute approximate surface area is 113 Å². The molecule has 0 spiro atoms. The first-order valence-corrected chi connectivity index (χ1v) is 6.55. The maximum Gasteiger partial charge on any atom is 0.360 e. The van der Waals surface area contributed by atoms with E-state index in [4.69, 9.17) is 4.42 Å². The Balaban J connectivity index is 2.19. The molecule has 0 atom stereocenters. The Hall–Kier alpha value is -2.15. The molecule has 0 aliphatic heterocycles. The van der Waals surface area contributed by atoms with Crippen LogP contribution in [-0.4, -0.2) is 0 Å². The van der Waals surface area contributed by atoms with E-state index in [1.807, 2.05) is 24.3 Å². The molecule has 0 aliphatic rings. The van der Waals surface area contributed by atoms with E-state index in [1.165, 1.54) is 16.7 Å². The third-order valence-electron chi connectivity index (χ3n) is 3.76. The maximum absolute atomic E-state index is 6.00. The summed E-state index contributed by atoms with van der Waals surface area (Å²) in [4.78, 5) is 0. The largest absolute Gasteiger partial charge is 0.360 e. The summed E-state index contributed by atoms with van der Waals surface area (Å²) in [6.45, 7) is 6.45. The van der Waals surface area contributed by atoms with Crippen LogP contribution >= 0.6 is 0 Å². The van der Waals surface area contributed by atoms with Crippen LogP contribution in [0.5, 0.6) is 0 Å². The molecule has 3 rings (SSSR count). The zero-order valence-electron chi connectivity index (χ0n) is 11.5. The molecular formula is C18H17O+. The quantitative estimate of drug-likeness (QED) is 0.532. The van der Waals surface area contributed by atoms with Crippen molar-refractivity contribution in [1.29, 1.82) is 0 Å². The maximum atomic E-state index is 6.00. The monoisotopic (exact) mass is 249 g/mol. The molecule has 0 saturated heterocycles. The number of benzene rings is 2. The lowest BCUT2D eigenvalue weighted by Crippen LogP contribution is -1.88. The van der Waals surface area contributed by atoms with Gasteiger partial charge in [-0.05, 0) is 61.7 Å². The first-order chi connectivity index (χ1) is 9.15. The van der Waals surface area contributed by atoms with Crippen molar-refractivity contribution in [3.63, 3.8) is 0 Å². The van der Waals surface area contributed by atoms with E-state index in [0.717, 1.165) is 22.3 Å². The predicted octanol–water partition coefficient (Wildman–Crippen LogP) is 5.31. The van der Waals surface area contributed by atoms with Gasteiger partial charge in [0.05, 0.1) is 10.9 Å². The van der Waals surface area contributed by atoms with E-state index in [-0.39, 0.29) is 0 Å². The third kappa shape index (κ3) is 2.12. The summed E-state index contributed by atoms with van der Waals surface area (Å²) in [7, 11) is 0. The summed E-state index contributed by atoms with van der Waals surface area (Å²) < 4.78 is 6.00. The van der Waals surface area contributed by atoms with Crippen molar-refractivity contribution in [3.8, 4) is 11.3 Å². The summed E-state index contributed by atoms with van der Waals surface area (Å²) in [6, 6.07) is 16.6. The van der Waals surface area contributed by atoms with Crippen molar-refractivity contribution in [2.45, 2.75) is 20.8 Å². The van der Waals surface area contributed by atoms with Gasteiger partial charge in [0.2, 0.25) is 0 Å². The second kappa shape index (κ2) is 4.51. The molecule has 1 nitrogen and oxygen atoms in total. The predicted molar refractivity (Wildman–Crippen MR) is 80.3 cm³/mol. The van der Waals surface area contributed by atoms with Crippen molar-refractivity contribution >= 4 is 11.0 Å². The van der Waals surface area contributed by atoms with Gasteiger partial charge < -0.3 is 0 Å². The van der Waals surface area contributed by atoms with Gasteiger partial charge >= 0.3 is 11.3 Å². The molecule has 0 radical (unpaired) electrons. The molecule has 2 aromatic carbocycles. The van der Waals surface area contributed by atoms with Gasteiger partial charge in [0.1, 0.15) is 0 Å². The Morgan fingerprint density at radius 1 is 0.789 bits per heavy atom. The molecule has 0 N–H and O–H groups in total. The standard InChI is InChI=1S/C18H17O/c1-12-10-16(11-13(2)14(12)3)18-9-8-15-6-4-5-7-17(15)19-18/h4-11H,1-3H3/q+1. The normalized spacial score (nSPS) is 10.9. The molecule has 1 heteroatoms. The zero-order chi connectivity index (χ0) is 13.4. The van der Waals surface area contributed by atoms with E-state index >= 15 is 0 Å². The number of aryl methyl sites for hydroxylation is 2. The van der Waals surface area contributed by atoms with Crippen LogP contribution in [0, 0.1) is 20.8 Å². The van der Waals surface area contributed by atoms with Gasteiger partial charge in [-0.1, -0.05) is 12.1 Å². The first kappa shape index (κ1) is 11.9. The van der Waals surface area contributed by atoms with Gasteiger partial charge in [-0.2, -0.15) is 0 Å². The molecule has 1 aromatic heterocycles. The lowest BCUT2D eigenvalue weighted by Gasteiger charge is -2.05. The van der Waals surface area contributed by atoms with Crippen molar-refractivity contribution in [2.24, 2.45) is 0 Å². The van der Waals surface area contributed by atoms with Crippen molar-refractivity contribution < 1.29 is 4.42 Å². The highest BCUT2D eigenvalue weighted by molar-refractivity contribution is 5.78. The fourth-order valence-electron chi connectivity index (χ4n) is 2.36. The second-order valence-corrected chi connectivity index (χ2v) is 5.07. The number of rotatable bonds is 1. The van der Waals surface area contributed by atoms with Crippen molar-refractivity contribution in [1.82, 2.24) is 0 Å². The summed E-state index contributed by atoms with van der Waals surface area (Å²) in [6.07, 6.45) is 0. The summed E-state index contributed by atoms with van der Waals surface area (Å²) in [5.41, 5.74) is 6.03. The Morgan fingerprint density at radius 3 is 2.21 bits per heavy atom. The van der Waals surface area contributed by atoms with Crippen LogP contribution < -0.4 is 0 Å². The van der Waals surface area contributed by atoms with E-state index in [9.17, 15) is 0 Å². The van der Waals surface area contributed by atoms with Gasteiger partial charge in [-0.3, -0.25) is 0 Å². The van der Waals surface area contributed by atoms with Crippen LogP contribution in [0.3, 0.4) is 0 Å². The van der Waals surface area contributed by atoms with Gasteiger partial charge in [-0.15, -0.1) is 0 Å². The molecule has 94 valence electrons. The minimum absolute atomic E-state index is 0.921. The van der Waals surface area contributed by atoms with Crippen LogP contribution in [0.1, 0.15) is 16.7 Å². The second-order valence-electron chi connectivity index (χ2n) is 5.07. The van der Waals surface area contributed by atoms with Crippen LogP contribution in [0.4, 0.5) is 0 Å². The Morgan fingerprint density at radius 2 is 1.47 bits per heavy atom. The van der Waals surface area contributed by atoms with Crippen LogP contribution in [-0.2, 0) is 0 Å². The Bertz CT molecular complexity index is 733. The topological polar surface area (TPSA) is 11.3 Å². The summed E-state index contributed by atoms with van der Waals surface area (Å²) in [5.74, 6) is 0.921. The van der Waals surface area contributed by atoms with Gasteiger partial charge in [0.25, 0.3) is 0 Å².